The summed E-state index contributed by atoms with van der Waals surface area (Å²) < 4.78 is 41.2. The van der Waals surface area contributed by atoms with E-state index in [1.165, 1.54) is 12.1 Å². The van der Waals surface area contributed by atoms with E-state index in [0.717, 1.165) is 5.56 Å². The molecule has 1 rings (SSSR count). The molecule has 29 heavy (non-hydrogen) atoms. The minimum atomic E-state index is -4.36. The summed E-state index contributed by atoms with van der Waals surface area (Å²) in [6, 6.07) is 6.31. The summed E-state index contributed by atoms with van der Waals surface area (Å²) in [6.45, 7) is 7.36. The van der Waals surface area contributed by atoms with Crippen LogP contribution < -0.4 is 15.4 Å². The summed E-state index contributed by atoms with van der Waals surface area (Å²) >= 11 is 0. The molecule has 0 radical (unpaired) electrons. The van der Waals surface area contributed by atoms with Crippen molar-refractivity contribution >= 4 is 35.8 Å². The lowest BCUT2D eigenvalue weighted by Gasteiger charge is -2.19. The molecule has 0 bridgehead atoms. The Balaban J connectivity index is 0.00000784. The fourth-order valence-electron chi connectivity index (χ4n) is 2.39. The van der Waals surface area contributed by atoms with Crippen LogP contribution in [-0.2, 0) is 11.3 Å². The van der Waals surface area contributed by atoms with Crippen molar-refractivity contribution in [1.29, 1.82) is 0 Å². The van der Waals surface area contributed by atoms with Gasteiger partial charge in [-0.15, -0.1) is 24.0 Å². The molecule has 0 saturated carbocycles. The van der Waals surface area contributed by atoms with Crippen LogP contribution in [0.25, 0.3) is 0 Å². The molecule has 6 nitrogen and oxygen atoms in total. The first-order chi connectivity index (χ1) is 13.3. The number of carbonyl (C=O) groups is 1. The molecule has 0 aliphatic heterocycles. The second kappa shape index (κ2) is 14.3. The Labute approximate surface area is 187 Å². The number of guanidine groups is 1. The maximum Gasteiger partial charge on any atom is 0.422 e. The highest BCUT2D eigenvalue weighted by molar-refractivity contribution is 14.0. The van der Waals surface area contributed by atoms with Gasteiger partial charge in [-0.25, -0.2) is 4.99 Å². The zero-order valence-electron chi connectivity index (χ0n) is 17.0. The van der Waals surface area contributed by atoms with Crippen LogP contribution in [0.15, 0.2) is 29.3 Å². The second-order valence-electron chi connectivity index (χ2n) is 5.99. The summed E-state index contributed by atoms with van der Waals surface area (Å²) in [5.74, 6) is 0.819. The highest BCUT2D eigenvalue weighted by Gasteiger charge is 2.28. The number of alkyl halides is 3. The molecule has 2 N–H and O–H groups in total. The molecule has 0 saturated heterocycles. The van der Waals surface area contributed by atoms with E-state index in [1.807, 2.05) is 20.8 Å². The van der Waals surface area contributed by atoms with Crippen LogP contribution >= 0.6 is 24.0 Å². The van der Waals surface area contributed by atoms with E-state index in [4.69, 9.17) is 0 Å². The lowest BCUT2D eigenvalue weighted by Crippen LogP contribution is -2.40. The third-order valence-corrected chi connectivity index (χ3v) is 3.84. The van der Waals surface area contributed by atoms with Crippen LogP contribution in [0.5, 0.6) is 5.75 Å². The van der Waals surface area contributed by atoms with E-state index in [-0.39, 0.29) is 35.6 Å². The molecule has 1 aromatic carbocycles. The molecule has 0 unspecified atom stereocenters. The first kappa shape index (κ1) is 27.3. The van der Waals surface area contributed by atoms with Crippen LogP contribution in [0.3, 0.4) is 0 Å². The Kier molecular flexibility index (Phi) is 13.4. The van der Waals surface area contributed by atoms with E-state index >= 15 is 0 Å². The summed E-state index contributed by atoms with van der Waals surface area (Å²) in [7, 11) is 0. The van der Waals surface area contributed by atoms with Crippen molar-refractivity contribution < 1.29 is 22.7 Å². The van der Waals surface area contributed by atoms with Gasteiger partial charge in [-0.3, -0.25) is 4.79 Å². The predicted molar refractivity (Wildman–Crippen MR) is 119 cm³/mol. The SMILES string of the molecule is CCNC(=NCc1ccc(OCC(F)(F)F)cc1)NCCC(=O)N(CC)CC.I. The van der Waals surface area contributed by atoms with Crippen LogP contribution in [0, 0.1) is 0 Å². The van der Waals surface area contributed by atoms with Gasteiger partial charge >= 0.3 is 6.18 Å². The second-order valence-corrected chi connectivity index (χ2v) is 5.99. The monoisotopic (exact) mass is 530 g/mol. The van der Waals surface area contributed by atoms with Gasteiger partial charge in [0.2, 0.25) is 5.91 Å². The van der Waals surface area contributed by atoms with E-state index in [0.29, 0.717) is 45.1 Å². The molecular formula is C19H30F3IN4O2. The number of nitrogens with zero attached hydrogens (tertiary/aromatic N) is 2. The smallest absolute Gasteiger partial charge is 0.422 e. The molecular weight excluding hydrogens is 500 g/mol. The lowest BCUT2D eigenvalue weighted by molar-refractivity contribution is -0.153. The highest BCUT2D eigenvalue weighted by Crippen LogP contribution is 2.19. The van der Waals surface area contributed by atoms with Gasteiger partial charge in [-0.2, -0.15) is 13.2 Å². The van der Waals surface area contributed by atoms with Crippen molar-refractivity contribution in [2.75, 3.05) is 32.8 Å². The minimum Gasteiger partial charge on any atom is -0.484 e. The normalized spacial score (nSPS) is 11.4. The number of aliphatic imine (C=N–C) groups is 1. The summed E-state index contributed by atoms with van der Waals surface area (Å²) in [6.07, 6.45) is -3.99. The van der Waals surface area contributed by atoms with Crippen molar-refractivity contribution in [2.45, 2.75) is 39.9 Å². The van der Waals surface area contributed by atoms with Gasteiger partial charge in [0, 0.05) is 32.6 Å². The topological polar surface area (TPSA) is 66.0 Å². The Morgan fingerprint density at radius 2 is 1.72 bits per heavy atom. The van der Waals surface area contributed by atoms with Gasteiger partial charge in [0.1, 0.15) is 5.75 Å². The number of amides is 1. The Morgan fingerprint density at radius 1 is 1.10 bits per heavy atom. The quantitative estimate of drug-likeness (QED) is 0.276. The number of nitrogens with one attached hydrogen (secondary N) is 2. The van der Waals surface area contributed by atoms with Crippen LogP contribution in [0.1, 0.15) is 32.8 Å². The Morgan fingerprint density at radius 3 is 2.24 bits per heavy atom. The molecule has 0 atom stereocenters. The van der Waals surface area contributed by atoms with Crippen molar-refractivity contribution in [1.82, 2.24) is 15.5 Å². The van der Waals surface area contributed by atoms with Crippen LogP contribution in [0.2, 0.25) is 0 Å². The fraction of sp³-hybridized carbons (Fsp3) is 0.579. The Hall–Kier alpha value is -1.72. The zero-order valence-corrected chi connectivity index (χ0v) is 19.3. The van der Waals surface area contributed by atoms with Crippen molar-refractivity contribution in [3.63, 3.8) is 0 Å². The summed E-state index contributed by atoms with van der Waals surface area (Å²) in [5, 5.41) is 6.21. The molecule has 166 valence electrons. The van der Waals surface area contributed by atoms with E-state index in [2.05, 4.69) is 20.4 Å². The third-order valence-electron chi connectivity index (χ3n) is 3.84. The lowest BCUT2D eigenvalue weighted by atomic mass is 10.2. The predicted octanol–water partition coefficient (Wildman–Crippen LogP) is 3.56. The van der Waals surface area contributed by atoms with Gasteiger partial charge in [-0.05, 0) is 38.5 Å². The number of hydrogen-bond acceptors (Lipinski definition) is 3. The number of halogens is 4. The van der Waals surface area contributed by atoms with Gasteiger partial charge in [0.25, 0.3) is 0 Å². The number of ether oxygens (including phenoxy) is 1. The standard InChI is InChI=1S/C19H29F3N4O2.HI/c1-4-23-18(24-12-11-17(27)26(5-2)6-3)25-13-15-7-9-16(10-8-15)28-14-19(20,21)22;/h7-10H,4-6,11-14H2,1-3H3,(H2,23,24,25);1H. The van der Waals surface area contributed by atoms with Gasteiger partial charge in [-0.1, -0.05) is 12.1 Å². The molecule has 1 amide bonds. The Bertz CT molecular complexity index is 621. The molecule has 0 aromatic heterocycles. The summed E-state index contributed by atoms with van der Waals surface area (Å²) in [5.41, 5.74) is 0.829. The van der Waals surface area contributed by atoms with Gasteiger partial charge in [0.15, 0.2) is 12.6 Å². The summed E-state index contributed by atoms with van der Waals surface area (Å²) in [4.78, 5) is 18.2. The number of rotatable bonds is 10. The van der Waals surface area contributed by atoms with Crippen LogP contribution in [0.4, 0.5) is 13.2 Å². The third kappa shape index (κ3) is 11.8. The molecule has 10 heteroatoms. The van der Waals surface area contributed by atoms with E-state index in [1.54, 1.807) is 17.0 Å². The molecule has 1 aromatic rings. The van der Waals surface area contributed by atoms with Crippen LogP contribution in [-0.4, -0.2) is 55.7 Å². The number of carbonyl (C=O) groups excluding carboxylic acids is 1. The van der Waals surface area contributed by atoms with E-state index < -0.39 is 12.8 Å². The maximum atomic E-state index is 12.2. The van der Waals surface area contributed by atoms with Crippen molar-refractivity contribution in [3.05, 3.63) is 29.8 Å². The molecule has 0 fully saturated rings. The first-order valence-electron chi connectivity index (χ1n) is 9.37. The first-order valence-corrected chi connectivity index (χ1v) is 9.37. The largest absolute Gasteiger partial charge is 0.484 e. The number of hydrogen-bond donors (Lipinski definition) is 2. The average Bonchev–Trinajstić information content (AvgIpc) is 2.65. The zero-order chi connectivity index (χ0) is 21.0. The number of benzene rings is 1. The van der Waals surface area contributed by atoms with Crippen molar-refractivity contribution in [2.24, 2.45) is 4.99 Å². The fourth-order valence-corrected chi connectivity index (χ4v) is 2.39. The maximum absolute atomic E-state index is 12.2. The van der Waals surface area contributed by atoms with Gasteiger partial charge in [0.05, 0.1) is 6.54 Å². The van der Waals surface area contributed by atoms with Crippen molar-refractivity contribution in [3.8, 4) is 5.75 Å². The molecule has 0 aliphatic rings. The highest BCUT2D eigenvalue weighted by atomic mass is 127. The van der Waals surface area contributed by atoms with Gasteiger partial charge < -0.3 is 20.3 Å². The minimum absolute atomic E-state index is 0. The molecule has 0 heterocycles. The average molecular weight is 530 g/mol. The molecule has 0 spiro atoms. The molecule has 0 aliphatic carbocycles. The van der Waals surface area contributed by atoms with E-state index in [9.17, 15) is 18.0 Å².